The molecule has 1 atom stereocenters. The molecular formula is C30H35Cl2N3O4S. The van der Waals surface area contributed by atoms with Crippen molar-refractivity contribution in [3.05, 3.63) is 99.5 Å². The van der Waals surface area contributed by atoms with Gasteiger partial charge in [0.2, 0.25) is 21.8 Å². The molecule has 0 saturated heterocycles. The van der Waals surface area contributed by atoms with Crippen LogP contribution in [0.15, 0.2) is 77.7 Å². The number of carbonyl (C=O) groups is 2. The second-order valence-electron chi connectivity index (χ2n) is 9.68. The van der Waals surface area contributed by atoms with Crippen molar-refractivity contribution in [3.63, 3.8) is 0 Å². The Morgan fingerprint density at radius 1 is 0.975 bits per heavy atom. The third kappa shape index (κ3) is 8.54. The van der Waals surface area contributed by atoms with Crippen molar-refractivity contribution in [2.24, 2.45) is 0 Å². The van der Waals surface area contributed by atoms with E-state index in [1.54, 1.807) is 30.3 Å². The monoisotopic (exact) mass is 603 g/mol. The van der Waals surface area contributed by atoms with Gasteiger partial charge in [-0.2, -0.15) is 4.31 Å². The first-order valence-corrected chi connectivity index (χ1v) is 15.3. The lowest BCUT2D eigenvalue weighted by molar-refractivity contribution is -0.141. The number of aryl methyl sites for hydroxylation is 1. The highest BCUT2D eigenvalue weighted by Crippen LogP contribution is 2.25. The fraction of sp³-hybridized carbons (Fsp3) is 0.333. The topological polar surface area (TPSA) is 86.8 Å². The molecule has 40 heavy (non-hydrogen) atoms. The van der Waals surface area contributed by atoms with Crippen LogP contribution in [0.4, 0.5) is 0 Å². The van der Waals surface area contributed by atoms with Gasteiger partial charge in [0.15, 0.2) is 0 Å². The first-order valence-electron chi connectivity index (χ1n) is 13.1. The Balaban J connectivity index is 1.98. The first-order chi connectivity index (χ1) is 19.0. The van der Waals surface area contributed by atoms with E-state index in [1.807, 2.05) is 44.2 Å². The van der Waals surface area contributed by atoms with Crippen LogP contribution >= 0.6 is 23.2 Å². The van der Waals surface area contributed by atoms with E-state index >= 15 is 0 Å². The third-order valence-corrected chi connectivity index (χ3v) is 8.95. The Morgan fingerprint density at radius 3 is 2.27 bits per heavy atom. The van der Waals surface area contributed by atoms with Crippen LogP contribution in [-0.4, -0.2) is 55.6 Å². The summed E-state index contributed by atoms with van der Waals surface area (Å²) in [6.45, 7) is 3.88. The van der Waals surface area contributed by atoms with Gasteiger partial charge in [-0.05, 0) is 48.7 Å². The first kappa shape index (κ1) is 31.6. The summed E-state index contributed by atoms with van der Waals surface area (Å²) in [5.74, 6) is -0.851. The molecule has 2 amide bonds. The van der Waals surface area contributed by atoms with Crippen molar-refractivity contribution in [2.45, 2.75) is 50.6 Å². The second-order valence-corrected chi connectivity index (χ2v) is 12.6. The summed E-state index contributed by atoms with van der Waals surface area (Å²) < 4.78 is 27.5. The van der Waals surface area contributed by atoms with Gasteiger partial charge in [0.1, 0.15) is 6.04 Å². The van der Waals surface area contributed by atoms with E-state index in [1.165, 1.54) is 24.1 Å². The van der Waals surface area contributed by atoms with Crippen molar-refractivity contribution in [1.29, 1.82) is 0 Å². The Kier molecular flexibility index (Phi) is 11.6. The molecule has 0 aromatic heterocycles. The van der Waals surface area contributed by atoms with E-state index in [0.29, 0.717) is 22.2 Å². The van der Waals surface area contributed by atoms with Gasteiger partial charge < -0.3 is 10.2 Å². The standard InChI is InChI=1S/C30H35Cl2N3O4S/c1-4-5-17-33-30(37)28(18-23-9-7-6-8-10-23)35(20-24-13-14-25(31)19-27(24)32)29(36)21-34(3)40(38,39)26-15-11-22(2)12-16-26/h6-16,19,28H,4-5,17-18,20-21H2,1-3H3,(H,33,37)/t28-/m1/s1. The van der Waals surface area contributed by atoms with Crippen molar-refractivity contribution >= 4 is 45.0 Å². The molecule has 3 aromatic rings. The van der Waals surface area contributed by atoms with Gasteiger partial charge in [0, 0.05) is 36.6 Å². The Hall–Kier alpha value is -2.91. The zero-order chi connectivity index (χ0) is 29.3. The number of unbranched alkanes of at least 4 members (excludes halogenated alkanes) is 1. The number of nitrogens with one attached hydrogen (secondary N) is 1. The lowest BCUT2D eigenvalue weighted by Gasteiger charge is -2.33. The van der Waals surface area contributed by atoms with E-state index in [9.17, 15) is 18.0 Å². The molecule has 7 nitrogen and oxygen atoms in total. The minimum atomic E-state index is -3.95. The van der Waals surface area contributed by atoms with Gasteiger partial charge in [-0.25, -0.2) is 8.42 Å². The summed E-state index contributed by atoms with van der Waals surface area (Å²) >= 11 is 12.6. The highest BCUT2D eigenvalue weighted by atomic mass is 35.5. The number of amides is 2. The van der Waals surface area contributed by atoms with Gasteiger partial charge in [-0.3, -0.25) is 9.59 Å². The van der Waals surface area contributed by atoms with Crippen LogP contribution in [0.2, 0.25) is 10.0 Å². The number of carbonyl (C=O) groups excluding carboxylic acids is 2. The van der Waals surface area contributed by atoms with Crippen molar-refractivity contribution < 1.29 is 18.0 Å². The van der Waals surface area contributed by atoms with Crippen molar-refractivity contribution in [3.8, 4) is 0 Å². The lowest BCUT2D eigenvalue weighted by atomic mass is 10.0. The lowest BCUT2D eigenvalue weighted by Crippen LogP contribution is -2.53. The maximum atomic E-state index is 13.9. The number of halogens is 2. The molecule has 0 spiro atoms. The molecule has 0 radical (unpaired) electrons. The minimum Gasteiger partial charge on any atom is -0.354 e. The van der Waals surface area contributed by atoms with Crippen LogP contribution in [0.25, 0.3) is 0 Å². The number of likely N-dealkylation sites (N-methyl/N-ethyl adjacent to an activating group) is 1. The predicted octanol–water partition coefficient (Wildman–Crippen LogP) is 5.48. The summed E-state index contributed by atoms with van der Waals surface area (Å²) in [5, 5.41) is 3.73. The van der Waals surface area contributed by atoms with Crippen LogP contribution < -0.4 is 5.32 Å². The molecule has 0 aliphatic heterocycles. The molecule has 0 bridgehead atoms. The number of hydrogen-bond acceptors (Lipinski definition) is 4. The van der Waals surface area contributed by atoms with Crippen LogP contribution in [0, 0.1) is 6.92 Å². The molecule has 0 aliphatic rings. The van der Waals surface area contributed by atoms with Crippen LogP contribution in [-0.2, 0) is 32.6 Å². The van der Waals surface area contributed by atoms with Gasteiger partial charge in [-0.15, -0.1) is 0 Å². The fourth-order valence-corrected chi connectivity index (χ4v) is 5.74. The normalized spacial score (nSPS) is 12.2. The summed E-state index contributed by atoms with van der Waals surface area (Å²) in [4.78, 5) is 28.9. The fourth-order valence-electron chi connectivity index (χ4n) is 4.15. The second kappa shape index (κ2) is 14.6. The van der Waals surface area contributed by atoms with E-state index in [4.69, 9.17) is 23.2 Å². The average molecular weight is 605 g/mol. The number of rotatable bonds is 13. The Morgan fingerprint density at radius 2 is 1.65 bits per heavy atom. The summed E-state index contributed by atoms with van der Waals surface area (Å²) in [6, 6.07) is 19.8. The Bertz CT molecular complexity index is 1400. The molecule has 214 valence electrons. The molecule has 0 aliphatic carbocycles. The number of hydrogen-bond donors (Lipinski definition) is 1. The van der Waals surface area contributed by atoms with E-state index in [-0.39, 0.29) is 23.8 Å². The van der Waals surface area contributed by atoms with E-state index in [2.05, 4.69) is 5.32 Å². The molecule has 10 heteroatoms. The number of benzene rings is 3. The number of sulfonamides is 1. The van der Waals surface area contributed by atoms with Gasteiger partial charge in [-0.1, -0.05) is 90.6 Å². The van der Waals surface area contributed by atoms with Gasteiger partial charge in [0.25, 0.3) is 0 Å². The predicted molar refractivity (Wildman–Crippen MR) is 160 cm³/mol. The zero-order valence-electron chi connectivity index (χ0n) is 22.9. The van der Waals surface area contributed by atoms with Crippen LogP contribution in [0.5, 0.6) is 0 Å². The zero-order valence-corrected chi connectivity index (χ0v) is 25.3. The average Bonchev–Trinajstić information content (AvgIpc) is 2.92. The molecule has 0 unspecified atom stereocenters. The smallest absolute Gasteiger partial charge is 0.243 e. The number of nitrogens with zero attached hydrogens (tertiary/aromatic N) is 2. The molecule has 3 aromatic carbocycles. The van der Waals surface area contributed by atoms with Gasteiger partial charge >= 0.3 is 0 Å². The van der Waals surface area contributed by atoms with Crippen molar-refractivity contribution in [2.75, 3.05) is 20.1 Å². The maximum Gasteiger partial charge on any atom is 0.243 e. The molecule has 0 fully saturated rings. The third-order valence-electron chi connectivity index (χ3n) is 6.54. The van der Waals surface area contributed by atoms with E-state index < -0.39 is 28.5 Å². The molecule has 0 heterocycles. The minimum absolute atomic E-state index is 0.00798. The summed E-state index contributed by atoms with van der Waals surface area (Å²) in [5.41, 5.74) is 2.36. The van der Waals surface area contributed by atoms with Gasteiger partial charge in [0.05, 0.1) is 11.4 Å². The molecular weight excluding hydrogens is 569 g/mol. The molecule has 1 N–H and O–H groups in total. The maximum absolute atomic E-state index is 13.9. The molecule has 3 rings (SSSR count). The summed E-state index contributed by atoms with van der Waals surface area (Å²) in [7, 11) is -2.60. The Labute approximate surface area is 247 Å². The molecule has 0 saturated carbocycles. The largest absolute Gasteiger partial charge is 0.354 e. The van der Waals surface area contributed by atoms with Crippen LogP contribution in [0.1, 0.15) is 36.5 Å². The highest BCUT2D eigenvalue weighted by molar-refractivity contribution is 7.89. The highest BCUT2D eigenvalue weighted by Gasteiger charge is 2.33. The van der Waals surface area contributed by atoms with Crippen molar-refractivity contribution in [1.82, 2.24) is 14.5 Å². The quantitative estimate of drug-likeness (QED) is 0.262. The SMILES string of the molecule is CCCCNC(=O)[C@@H](Cc1ccccc1)N(Cc1ccc(Cl)cc1Cl)C(=O)CN(C)S(=O)(=O)c1ccc(C)cc1. The van der Waals surface area contributed by atoms with Crippen LogP contribution in [0.3, 0.4) is 0 Å². The van der Waals surface area contributed by atoms with E-state index in [0.717, 1.165) is 28.3 Å². The summed E-state index contributed by atoms with van der Waals surface area (Å²) in [6.07, 6.45) is 1.93.